The highest BCUT2D eigenvalue weighted by Crippen LogP contribution is 2.25. The Bertz CT molecular complexity index is 1400. The molecule has 7 nitrogen and oxygen atoms in total. The zero-order valence-electron chi connectivity index (χ0n) is 23.0. The number of hydrogen-bond acceptors (Lipinski definition) is 4. The van der Waals surface area contributed by atoms with E-state index in [-0.39, 0.29) is 18.9 Å². The molecule has 0 unspecified atom stereocenters. The van der Waals surface area contributed by atoms with Crippen molar-refractivity contribution in [2.45, 2.75) is 52.2 Å². The Kier molecular flexibility index (Phi) is 9.80. The van der Waals surface area contributed by atoms with Crippen molar-refractivity contribution in [3.8, 4) is 0 Å². The summed E-state index contributed by atoms with van der Waals surface area (Å²) in [6.07, 6.45) is 1.31. The summed E-state index contributed by atoms with van der Waals surface area (Å²) in [4.78, 5) is 29.3. The van der Waals surface area contributed by atoms with Crippen molar-refractivity contribution < 1.29 is 18.0 Å². The third-order valence-electron chi connectivity index (χ3n) is 6.13. The summed E-state index contributed by atoms with van der Waals surface area (Å²) in [6.45, 7) is 6.95. The van der Waals surface area contributed by atoms with Crippen molar-refractivity contribution in [2.75, 3.05) is 17.1 Å². The smallest absolute Gasteiger partial charge is 0.244 e. The Morgan fingerprint density at radius 3 is 2.10 bits per heavy atom. The van der Waals surface area contributed by atoms with E-state index in [9.17, 15) is 18.0 Å². The molecule has 39 heavy (non-hydrogen) atoms. The van der Waals surface area contributed by atoms with Crippen molar-refractivity contribution >= 4 is 39.1 Å². The topological polar surface area (TPSA) is 86.8 Å². The largest absolute Gasteiger partial charge is 0.350 e. The van der Waals surface area contributed by atoms with Crippen molar-refractivity contribution in [1.29, 1.82) is 0 Å². The lowest BCUT2D eigenvalue weighted by Crippen LogP contribution is -2.56. The first-order valence-corrected chi connectivity index (χ1v) is 14.9. The molecule has 0 saturated heterocycles. The number of amides is 2. The number of carbonyl (C=O) groups is 2. The number of sulfonamides is 1. The first-order chi connectivity index (χ1) is 18.3. The van der Waals surface area contributed by atoms with E-state index in [0.29, 0.717) is 21.8 Å². The molecule has 2 amide bonds. The van der Waals surface area contributed by atoms with Gasteiger partial charge in [0.15, 0.2) is 0 Å². The first-order valence-electron chi connectivity index (χ1n) is 12.7. The quantitative estimate of drug-likeness (QED) is 0.373. The van der Waals surface area contributed by atoms with Crippen LogP contribution in [0.15, 0.2) is 78.9 Å². The van der Waals surface area contributed by atoms with E-state index in [0.717, 1.165) is 16.1 Å². The lowest BCUT2D eigenvalue weighted by molar-refractivity contribution is -0.140. The van der Waals surface area contributed by atoms with Crippen LogP contribution in [0.2, 0.25) is 5.02 Å². The summed E-state index contributed by atoms with van der Waals surface area (Å²) in [7, 11) is -3.82. The van der Waals surface area contributed by atoms with Crippen LogP contribution in [0.1, 0.15) is 37.5 Å². The minimum atomic E-state index is -3.82. The van der Waals surface area contributed by atoms with Gasteiger partial charge in [0.2, 0.25) is 21.8 Å². The molecule has 0 aliphatic carbocycles. The summed E-state index contributed by atoms with van der Waals surface area (Å²) in [5.41, 5.74) is 2.08. The van der Waals surface area contributed by atoms with Gasteiger partial charge in [0.1, 0.15) is 12.6 Å². The number of para-hydroxylation sites is 1. The van der Waals surface area contributed by atoms with Crippen LogP contribution < -0.4 is 9.62 Å². The van der Waals surface area contributed by atoms with Crippen LogP contribution in [0.3, 0.4) is 0 Å². The van der Waals surface area contributed by atoms with Gasteiger partial charge in [0.05, 0.1) is 11.9 Å². The number of halogens is 1. The Labute approximate surface area is 236 Å². The molecule has 1 atom stereocenters. The molecule has 0 saturated carbocycles. The summed E-state index contributed by atoms with van der Waals surface area (Å²) in [6, 6.07) is 22.6. The molecule has 0 aromatic heterocycles. The van der Waals surface area contributed by atoms with Crippen LogP contribution in [0.25, 0.3) is 0 Å². The van der Waals surface area contributed by atoms with E-state index in [2.05, 4.69) is 5.32 Å². The third-order valence-corrected chi connectivity index (χ3v) is 7.63. The highest BCUT2D eigenvalue weighted by atomic mass is 35.5. The molecule has 3 aromatic carbocycles. The number of nitrogens with zero attached hydrogens (tertiary/aromatic N) is 2. The summed E-state index contributed by atoms with van der Waals surface area (Å²) in [5.74, 6) is -0.859. The Hall–Kier alpha value is -3.36. The molecular formula is C30H36ClN3O4S. The fraction of sp³-hybridized carbons (Fsp3) is 0.333. The number of benzene rings is 3. The minimum Gasteiger partial charge on any atom is -0.350 e. The molecule has 0 spiro atoms. The van der Waals surface area contributed by atoms with Crippen LogP contribution in [0.5, 0.6) is 0 Å². The van der Waals surface area contributed by atoms with Crippen LogP contribution in [-0.2, 0) is 32.6 Å². The predicted octanol–water partition coefficient (Wildman–Crippen LogP) is 4.97. The zero-order chi connectivity index (χ0) is 28.8. The molecule has 0 fully saturated rings. The van der Waals surface area contributed by atoms with Gasteiger partial charge in [0, 0.05) is 23.5 Å². The van der Waals surface area contributed by atoms with E-state index in [1.54, 1.807) is 55.5 Å². The van der Waals surface area contributed by atoms with E-state index in [4.69, 9.17) is 11.6 Å². The van der Waals surface area contributed by atoms with Crippen LogP contribution in [0, 0.1) is 6.92 Å². The van der Waals surface area contributed by atoms with Crippen molar-refractivity contribution in [1.82, 2.24) is 10.2 Å². The van der Waals surface area contributed by atoms with Gasteiger partial charge in [-0.05, 0) is 56.5 Å². The van der Waals surface area contributed by atoms with Gasteiger partial charge in [-0.25, -0.2) is 8.42 Å². The standard InChI is InChI=1S/C30H36ClN3O4S/c1-22-13-9-12-18-26(22)34(39(5,37)38)21-28(35)33(20-24-16-10-11-17-25(24)31)27(29(36)32-30(2,3)4)19-23-14-7-6-8-15-23/h6-18,27H,19-21H2,1-5H3,(H,32,36)/t27-/m1/s1. The van der Waals surface area contributed by atoms with E-state index < -0.39 is 34.1 Å². The maximum Gasteiger partial charge on any atom is 0.244 e. The normalized spacial score (nSPS) is 12.5. The molecule has 3 rings (SSSR count). The lowest BCUT2D eigenvalue weighted by Gasteiger charge is -2.35. The molecule has 1 N–H and O–H groups in total. The highest BCUT2D eigenvalue weighted by molar-refractivity contribution is 7.92. The van der Waals surface area contributed by atoms with Crippen molar-refractivity contribution in [3.05, 3.63) is 101 Å². The van der Waals surface area contributed by atoms with E-state index >= 15 is 0 Å². The second-order valence-electron chi connectivity index (χ2n) is 10.6. The third kappa shape index (κ3) is 8.57. The fourth-order valence-electron chi connectivity index (χ4n) is 4.26. The summed E-state index contributed by atoms with van der Waals surface area (Å²) >= 11 is 6.47. The zero-order valence-corrected chi connectivity index (χ0v) is 24.6. The number of hydrogen-bond donors (Lipinski definition) is 1. The second kappa shape index (κ2) is 12.7. The minimum absolute atomic E-state index is 0.0267. The van der Waals surface area contributed by atoms with Crippen molar-refractivity contribution in [3.63, 3.8) is 0 Å². The predicted molar refractivity (Wildman–Crippen MR) is 157 cm³/mol. The number of carbonyl (C=O) groups excluding carboxylic acids is 2. The maximum atomic E-state index is 14.1. The van der Waals surface area contributed by atoms with Gasteiger partial charge in [-0.3, -0.25) is 13.9 Å². The van der Waals surface area contributed by atoms with Crippen LogP contribution in [0.4, 0.5) is 5.69 Å². The number of aryl methyl sites for hydroxylation is 1. The summed E-state index contributed by atoms with van der Waals surface area (Å²) < 4.78 is 26.9. The fourth-order valence-corrected chi connectivity index (χ4v) is 5.36. The average molecular weight is 570 g/mol. The van der Waals surface area contributed by atoms with Crippen LogP contribution in [-0.4, -0.2) is 49.5 Å². The molecule has 0 aliphatic heterocycles. The van der Waals surface area contributed by atoms with Gasteiger partial charge in [-0.2, -0.15) is 0 Å². The Balaban J connectivity index is 2.10. The van der Waals surface area contributed by atoms with Gasteiger partial charge in [0.25, 0.3) is 0 Å². The van der Waals surface area contributed by atoms with E-state index in [1.807, 2.05) is 51.1 Å². The maximum absolute atomic E-state index is 14.1. The number of rotatable bonds is 10. The molecular weight excluding hydrogens is 534 g/mol. The molecule has 0 aliphatic rings. The number of anilines is 1. The average Bonchev–Trinajstić information content (AvgIpc) is 2.85. The Morgan fingerprint density at radius 2 is 1.51 bits per heavy atom. The molecule has 9 heteroatoms. The van der Waals surface area contributed by atoms with E-state index in [1.165, 1.54) is 4.90 Å². The molecule has 3 aromatic rings. The first kappa shape index (κ1) is 30.2. The summed E-state index contributed by atoms with van der Waals surface area (Å²) in [5, 5.41) is 3.45. The van der Waals surface area contributed by atoms with Crippen LogP contribution >= 0.6 is 11.6 Å². The monoisotopic (exact) mass is 569 g/mol. The molecule has 0 heterocycles. The lowest BCUT2D eigenvalue weighted by atomic mass is 10.0. The number of nitrogens with one attached hydrogen (secondary N) is 1. The Morgan fingerprint density at radius 1 is 0.923 bits per heavy atom. The second-order valence-corrected chi connectivity index (χ2v) is 12.9. The van der Waals surface area contributed by atoms with Gasteiger partial charge in [-0.1, -0.05) is 78.3 Å². The molecule has 0 radical (unpaired) electrons. The van der Waals surface area contributed by atoms with Crippen molar-refractivity contribution in [2.24, 2.45) is 0 Å². The van der Waals surface area contributed by atoms with Gasteiger partial charge < -0.3 is 10.2 Å². The van der Waals surface area contributed by atoms with Gasteiger partial charge in [-0.15, -0.1) is 0 Å². The molecule has 0 bridgehead atoms. The molecule has 208 valence electrons. The SMILES string of the molecule is Cc1ccccc1N(CC(=O)N(Cc1ccccc1Cl)[C@H](Cc1ccccc1)C(=O)NC(C)(C)C)S(C)(=O)=O. The highest BCUT2D eigenvalue weighted by Gasteiger charge is 2.34. The van der Waals surface area contributed by atoms with Gasteiger partial charge >= 0.3 is 0 Å².